The number of carbonyl (C=O) groups is 2. The molecule has 0 bridgehead atoms. The molecule has 0 atom stereocenters. The minimum absolute atomic E-state index is 0.361. The Morgan fingerprint density at radius 2 is 1.52 bits per heavy atom. The zero-order valence-corrected chi connectivity index (χ0v) is 15.6. The Hall–Kier alpha value is -0.870. The van der Waals surface area contributed by atoms with E-state index in [4.69, 9.17) is 11.6 Å². The van der Waals surface area contributed by atoms with Gasteiger partial charge in [-0.3, -0.25) is 20.4 Å². The summed E-state index contributed by atoms with van der Waals surface area (Å²) < 4.78 is 1.76. The van der Waals surface area contributed by atoms with E-state index in [2.05, 4.69) is 56.0 Å². The largest absolute Gasteiger partial charge is 0.270 e. The van der Waals surface area contributed by atoms with E-state index in [0.29, 0.717) is 16.1 Å². The number of hydrogen-bond acceptors (Lipinski definition) is 2. The molecule has 4 nitrogen and oxygen atoms in total. The van der Waals surface area contributed by atoms with Crippen LogP contribution in [0.5, 0.6) is 0 Å². The van der Waals surface area contributed by atoms with E-state index in [1.165, 1.54) is 0 Å². The molecule has 0 radical (unpaired) electrons. The maximum absolute atomic E-state index is 12.1. The van der Waals surface area contributed by atoms with Gasteiger partial charge < -0.3 is 0 Å². The number of rotatable bonds is 2. The first-order valence-corrected chi connectivity index (χ1v) is 8.32. The van der Waals surface area contributed by atoms with Crippen LogP contribution in [0.15, 0.2) is 42.5 Å². The number of hydrazine groups is 1. The van der Waals surface area contributed by atoms with E-state index < -0.39 is 5.91 Å². The molecule has 0 aromatic heterocycles. The summed E-state index contributed by atoms with van der Waals surface area (Å²) in [5, 5.41) is 0.545. The van der Waals surface area contributed by atoms with Crippen molar-refractivity contribution in [1.82, 2.24) is 10.9 Å². The van der Waals surface area contributed by atoms with Crippen LogP contribution in [-0.2, 0) is 0 Å². The molecule has 0 heterocycles. The fraction of sp³-hybridized carbons (Fsp3) is 0. The van der Waals surface area contributed by atoms with E-state index in [0.717, 1.165) is 7.14 Å². The van der Waals surface area contributed by atoms with Crippen LogP contribution in [0.3, 0.4) is 0 Å². The van der Waals surface area contributed by atoms with Gasteiger partial charge in [-0.1, -0.05) is 11.6 Å². The molecule has 7 heteroatoms. The van der Waals surface area contributed by atoms with Crippen LogP contribution in [0.1, 0.15) is 20.7 Å². The van der Waals surface area contributed by atoms with Gasteiger partial charge in [0.15, 0.2) is 0 Å². The van der Waals surface area contributed by atoms with E-state index >= 15 is 0 Å². The highest BCUT2D eigenvalue weighted by Gasteiger charge is 2.12. The minimum Gasteiger partial charge on any atom is -0.267 e. The fourth-order valence-corrected chi connectivity index (χ4v) is 2.72. The zero-order valence-electron chi connectivity index (χ0n) is 10.5. The zero-order chi connectivity index (χ0) is 15.4. The van der Waals surface area contributed by atoms with Crippen molar-refractivity contribution in [2.24, 2.45) is 0 Å². The maximum atomic E-state index is 12.1. The van der Waals surface area contributed by atoms with E-state index in [1.54, 1.807) is 30.3 Å². The van der Waals surface area contributed by atoms with Gasteiger partial charge >= 0.3 is 0 Å². The van der Waals surface area contributed by atoms with Crippen LogP contribution in [0.4, 0.5) is 0 Å². The number of carbonyl (C=O) groups excluding carboxylic acids is 2. The van der Waals surface area contributed by atoms with E-state index in [9.17, 15) is 9.59 Å². The summed E-state index contributed by atoms with van der Waals surface area (Å²) in [6, 6.07) is 11.9. The molecule has 0 saturated heterocycles. The molecular formula is C14H9ClI2N2O2. The molecule has 0 saturated carbocycles. The van der Waals surface area contributed by atoms with Gasteiger partial charge in [0, 0.05) is 17.7 Å². The summed E-state index contributed by atoms with van der Waals surface area (Å²) in [5.41, 5.74) is 5.70. The van der Waals surface area contributed by atoms with Crippen molar-refractivity contribution in [2.75, 3.05) is 0 Å². The molecule has 2 amide bonds. The van der Waals surface area contributed by atoms with Gasteiger partial charge in [-0.25, -0.2) is 0 Å². The Kier molecular flexibility index (Phi) is 5.82. The highest BCUT2D eigenvalue weighted by atomic mass is 127. The Labute approximate surface area is 153 Å². The third-order valence-corrected chi connectivity index (χ3v) is 4.43. The summed E-state index contributed by atoms with van der Waals surface area (Å²) >= 11 is 9.95. The van der Waals surface area contributed by atoms with Crippen molar-refractivity contribution in [3.63, 3.8) is 0 Å². The van der Waals surface area contributed by atoms with Crippen molar-refractivity contribution >= 4 is 68.6 Å². The minimum atomic E-state index is -0.402. The third kappa shape index (κ3) is 4.55. The highest BCUT2D eigenvalue weighted by molar-refractivity contribution is 14.1. The molecule has 2 N–H and O–H groups in total. The lowest BCUT2D eigenvalue weighted by Gasteiger charge is -2.09. The smallest absolute Gasteiger partial charge is 0.267 e. The predicted octanol–water partition coefficient (Wildman–Crippen LogP) is 3.62. The molecule has 21 heavy (non-hydrogen) atoms. The molecule has 0 spiro atoms. The van der Waals surface area contributed by atoms with Gasteiger partial charge in [0.1, 0.15) is 0 Å². The van der Waals surface area contributed by atoms with Gasteiger partial charge in [0.05, 0.1) is 5.56 Å². The van der Waals surface area contributed by atoms with Crippen LogP contribution >= 0.6 is 56.8 Å². The average Bonchev–Trinajstić information content (AvgIpc) is 2.47. The van der Waals surface area contributed by atoms with E-state index in [1.807, 2.05) is 12.1 Å². The first-order chi connectivity index (χ1) is 9.97. The molecule has 2 rings (SSSR count). The van der Waals surface area contributed by atoms with Gasteiger partial charge in [-0.05, 0) is 87.6 Å². The van der Waals surface area contributed by atoms with Crippen molar-refractivity contribution < 1.29 is 9.59 Å². The fourth-order valence-electron chi connectivity index (χ4n) is 1.53. The molecule has 2 aromatic carbocycles. The van der Waals surface area contributed by atoms with Gasteiger partial charge in [-0.15, -0.1) is 0 Å². The van der Waals surface area contributed by atoms with E-state index in [-0.39, 0.29) is 5.91 Å². The SMILES string of the molecule is O=C(NNC(=O)c1cc(I)ccc1I)c1ccc(Cl)cc1. The lowest BCUT2D eigenvalue weighted by Crippen LogP contribution is -2.41. The Morgan fingerprint density at radius 3 is 2.19 bits per heavy atom. The van der Waals surface area contributed by atoms with Gasteiger partial charge in [0.2, 0.25) is 0 Å². The maximum Gasteiger partial charge on any atom is 0.270 e. The Morgan fingerprint density at radius 1 is 0.905 bits per heavy atom. The topological polar surface area (TPSA) is 58.2 Å². The lowest BCUT2D eigenvalue weighted by molar-refractivity contribution is 0.0846. The second kappa shape index (κ2) is 7.41. The molecular weight excluding hydrogens is 517 g/mol. The molecule has 108 valence electrons. The standard InChI is InChI=1S/C14H9ClI2N2O2/c15-9-3-1-8(2-4-9)13(20)18-19-14(21)11-7-10(16)5-6-12(11)17/h1-7H,(H,18,20)(H,19,21). The van der Waals surface area contributed by atoms with Crippen LogP contribution in [0.2, 0.25) is 5.02 Å². The summed E-state index contributed by atoms with van der Waals surface area (Å²) in [7, 11) is 0. The van der Waals surface area contributed by atoms with Crippen LogP contribution in [0, 0.1) is 7.14 Å². The molecule has 0 aliphatic carbocycles. The van der Waals surface area contributed by atoms with Gasteiger partial charge in [-0.2, -0.15) is 0 Å². The summed E-state index contributed by atoms with van der Waals surface area (Å²) in [4.78, 5) is 23.9. The van der Waals surface area contributed by atoms with Gasteiger partial charge in [0.25, 0.3) is 11.8 Å². The number of halogens is 3. The second-order valence-corrected chi connectivity index (χ2v) is 6.88. The molecule has 0 aliphatic heterocycles. The number of benzene rings is 2. The van der Waals surface area contributed by atoms with Crippen LogP contribution in [-0.4, -0.2) is 11.8 Å². The third-order valence-electron chi connectivity index (χ3n) is 2.57. The number of amides is 2. The van der Waals surface area contributed by atoms with Crippen molar-refractivity contribution in [2.45, 2.75) is 0 Å². The first-order valence-electron chi connectivity index (χ1n) is 5.78. The van der Waals surface area contributed by atoms with Crippen molar-refractivity contribution in [3.8, 4) is 0 Å². The predicted molar refractivity (Wildman–Crippen MR) is 98.3 cm³/mol. The number of hydrogen-bond donors (Lipinski definition) is 2. The average molecular weight is 526 g/mol. The Balaban J connectivity index is 2.02. The molecule has 2 aromatic rings. The Bertz CT molecular complexity index is 690. The lowest BCUT2D eigenvalue weighted by atomic mass is 10.2. The van der Waals surface area contributed by atoms with Crippen LogP contribution < -0.4 is 10.9 Å². The quantitative estimate of drug-likeness (QED) is 0.464. The monoisotopic (exact) mass is 526 g/mol. The second-order valence-electron chi connectivity index (χ2n) is 4.04. The molecule has 0 aliphatic rings. The molecule has 0 unspecified atom stereocenters. The summed E-state index contributed by atoms with van der Waals surface area (Å²) in [5.74, 6) is -0.763. The molecule has 0 fully saturated rings. The number of nitrogens with one attached hydrogen (secondary N) is 2. The van der Waals surface area contributed by atoms with Crippen molar-refractivity contribution in [1.29, 1.82) is 0 Å². The summed E-state index contributed by atoms with van der Waals surface area (Å²) in [6.45, 7) is 0. The first kappa shape index (κ1) is 16.5. The highest BCUT2D eigenvalue weighted by Crippen LogP contribution is 2.15. The van der Waals surface area contributed by atoms with Crippen LogP contribution in [0.25, 0.3) is 0 Å². The normalized spacial score (nSPS) is 10.0. The summed E-state index contributed by atoms with van der Waals surface area (Å²) in [6.07, 6.45) is 0. The van der Waals surface area contributed by atoms with Crippen molar-refractivity contribution in [3.05, 3.63) is 65.8 Å².